The van der Waals surface area contributed by atoms with Gasteiger partial charge in [-0.05, 0) is 50.4 Å². The second-order valence-electron chi connectivity index (χ2n) is 5.84. The number of hydrogen-bond donors (Lipinski definition) is 1. The first-order valence-corrected chi connectivity index (χ1v) is 8.49. The number of halogens is 2. The quantitative estimate of drug-likeness (QED) is 0.726. The van der Waals surface area contributed by atoms with Gasteiger partial charge in [0.2, 0.25) is 0 Å². The predicted molar refractivity (Wildman–Crippen MR) is 92.6 cm³/mol. The molecule has 1 N–H and O–H groups in total. The largest absolute Gasteiger partial charge is 0.446 e. The van der Waals surface area contributed by atoms with Gasteiger partial charge in [0.15, 0.2) is 16.3 Å². The van der Waals surface area contributed by atoms with E-state index in [0.717, 1.165) is 29.0 Å². The van der Waals surface area contributed by atoms with Gasteiger partial charge in [-0.15, -0.1) is 0 Å². The monoisotopic (exact) mass is 415 g/mol. The molecule has 0 radical (unpaired) electrons. The Morgan fingerprint density at radius 3 is 2.43 bits per heavy atom. The van der Waals surface area contributed by atoms with Crippen LogP contribution in [0.2, 0.25) is 0 Å². The molecule has 0 saturated carbocycles. The van der Waals surface area contributed by atoms with E-state index in [1.807, 2.05) is 12.1 Å². The van der Waals surface area contributed by atoms with Crippen LogP contribution in [-0.2, 0) is 5.41 Å². The van der Waals surface area contributed by atoms with Crippen LogP contribution in [0.25, 0.3) is 11.6 Å². The molecule has 2 aromatic heterocycles. The van der Waals surface area contributed by atoms with Crippen LogP contribution in [0.15, 0.2) is 25.7 Å². The summed E-state index contributed by atoms with van der Waals surface area (Å²) in [6.45, 7) is 9.38. The summed E-state index contributed by atoms with van der Waals surface area (Å²) in [4.78, 5) is 9.27. The number of anilines is 1. The first-order chi connectivity index (χ1) is 9.82. The molecule has 2 aromatic rings. The molecule has 0 spiro atoms. The van der Waals surface area contributed by atoms with Crippen LogP contribution in [0.4, 0.5) is 5.82 Å². The summed E-state index contributed by atoms with van der Waals surface area (Å²) in [5, 5.41) is 3.34. The minimum absolute atomic E-state index is 0.0943. The summed E-state index contributed by atoms with van der Waals surface area (Å²) in [7, 11) is 0. The first-order valence-electron chi connectivity index (χ1n) is 6.90. The molecule has 4 nitrogen and oxygen atoms in total. The van der Waals surface area contributed by atoms with Gasteiger partial charge in [0, 0.05) is 12.0 Å². The highest BCUT2D eigenvalue weighted by Crippen LogP contribution is 2.35. The van der Waals surface area contributed by atoms with Gasteiger partial charge in [0.05, 0.1) is 10.2 Å². The Hall–Kier alpha value is -0.880. The zero-order chi connectivity index (χ0) is 15.6. The molecule has 21 heavy (non-hydrogen) atoms. The molecule has 2 heterocycles. The molecular weight excluding hydrogens is 398 g/mol. The maximum Gasteiger partial charge on any atom is 0.198 e. The Morgan fingerprint density at radius 2 is 1.90 bits per heavy atom. The average molecular weight is 417 g/mol. The average Bonchev–Trinajstić information content (AvgIpc) is 2.83. The van der Waals surface area contributed by atoms with Gasteiger partial charge in [-0.3, -0.25) is 0 Å². The van der Waals surface area contributed by atoms with Crippen molar-refractivity contribution in [1.82, 2.24) is 9.97 Å². The van der Waals surface area contributed by atoms with Crippen LogP contribution in [0.3, 0.4) is 0 Å². The van der Waals surface area contributed by atoms with Gasteiger partial charge in [0.1, 0.15) is 5.82 Å². The fourth-order valence-electron chi connectivity index (χ4n) is 1.85. The van der Waals surface area contributed by atoms with Crippen molar-refractivity contribution in [3.8, 4) is 11.6 Å². The molecule has 0 amide bonds. The predicted octanol–water partition coefficient (Wildman–Crippen LogP) is 5.38. The molecule has 0 aliphatic heterocycles. The minimum atomic E-state index is -0.0943. The van der Waals surface area contributed by atoms with Crippen molar-refractivity contribution < 1.29 is 4.42 Å². The van der Waals surface area contributed by atoms with Crippen molar-refractivity contribution in [3.63, 3.8) is 0 Å². The topological polar surface area (TPSA) is 51.0 Å². The summed E-state index contributed by atoms with van der Waals surface area (Å²) < 4.78 is 7.17. The van der Waals surface area contributed by atoms with Gasteiger partial charge in [-0.25, -0.2) is 9.97 Å². The highest BCUT2D eigenvalue weighted by molar-refractivity contribution is 9.10. The third-order valence-corrected chi connectivity index (χ3v) is 4.08. The Bertz CT molecular complexity index is 632. The molecular formula is C15H19Br2N3O. The van der Waals surface area contributed by atoms with Crippen LogP contribution >= 0.6 is 31.9 Å². The highest BCUT2D eigenvalue weighted by atomic mass is 79.9. The molecule has 2 rings (SSSR count). The van der Waals surface area contributed by atoms with Crippen molar-refractivity contribution in [2.45, 2.75) is 39.5 Å². The summed E-state index contributed by atoms with van der Waals surface area (Å²) in [5.41, 5.74) is 0.863. The number of rotatable bonds is 4. The van der Waals surface area contributed by atoms with E-state index in [9.17, 15) is 0 Å². The van der Waals surface area contributed by atoms with Crippen LogP contribution in [-0.4, -0.2) is 16.5 Å². The lowest BCUT2D eigenvalue weighted by atomic mass is 9.92. The standard InChI is InChI=1S/C15H19Br2N3O/c1-5-8-18-14-11(17)12(15(2,3)4)19-13(20-14)9-6-7-10(16)21-9/h6-7H,5,8H2,1-4H3,(H,18,19,20). The van der Waals surface area contributed by atoms with Crippen LogP contribution < -0.4 is 5.32 Å². The number of nitrogens with zero attached hydrogens (tertiary/aromatic N) is 2. The maximum atomic E-state index is 5.59. The number of aromatic nitrogens is 2. The normalized spacial score (nSPS) is 11.7. The molecule has 0 aliphatic carbocycles. The molecule has 0 aliphatic rings. The van der Waals surface area contributed by atoms with E-state index >= 15 is 0 Å². The fraction of sp³-hybridized carbons (Fsp3) is 0.467. The molecule has 0 fully saturated rings. The van der Waals surface area contributed by atoms with Crippen molar-refractivity contribution in [2.75, 3.05) is 11.9 Å². The number of furan rings is 1. The second-order valence-corrected chi connectivity index (χ2v) is 7.41. The fourth-order valence-corrected chi connectivity index (χ4v) is 3.07. The molecule has 114 valence electrons. The third-order valence-electron chi connectivity index (χ3n) is 2.90. The minimum Gasteiger partial charge on any atom is -0.446 e. The lowest BCUT2D eigenvalue weighted by Crippen LogP contribution is -2.17. The van der Waals surface area contributed by atoms with Gasteiger partial charge in [-0.1, -0.05) is 27.7 Å². The van der Waals surface area contributed by atoms with Gasteiger partial charge >= 0.3 is 0 Å². The van der Waals surface area contributed by atoms with E-state index in [4.69, 9.17) is 4.42 Å². The maximum absolute atomic E-state index is 5.59. The van der Waals surface area contributed by atoms with E-state index in [0.29, 0.717) is 16.3 Å². The third kappa shape index (κ3) is 3.86. The number of hydrogen-bond acceptors (Lipinski definition) is 4. The van der Waals surface area contributed by atoms with Gasteiger partial charge < -0.3 is 9.73 Å². The van der Waals surface area contributed by atoms with Crippen LogP contribution in [0, 0.1) is 0 Å². The number of nitrogens with one attached hydrogen (secondary N) is 1. The summed E-state index contributed by atoms with van der Waals surface area (Å²) in [6, 6.07) is 3.71. The zero-order valence-electron chi connectivity index (χ0n) is 12.6. The summed E-state index contributed by atoms with van der Waals surface area (Å²) >= 11 is 6.95. The Balaban J connectivity index is 2.55. The van der Waals surface area contributed by atoms with E-state index < -0.39 is 0 Å². The van der Waals surface area contributed by atoms with E-state index in [1.54, 1.807) is 0 Å². The van der Waals surface area contributed by atoms with Crippen molar-refractivity contribution in [3.05, 3.63) is 27.0 Å². The van der Waals surface area contributed by atoms with Crippen molar-refractivity contribution >= 4 is 37.7 Å². The van der Waals surface area contributed by atoms with Crippen LogP contribution in [0.5, 0.6) is 0 Å². The molecule has 0 bridgehead atoms. The molecule has 0 saturated heterocycles. The van der Waals surface area contributed by atoms with Crippen molar-refractivity contribution in [1.29, 1.82) is 0 Å². The SMILES string of the molecule is CCCNc1nc(-c2ccc(Br)o2)nc(C(C)(C)C)c1Br. The highest BCUT2D eigenvalue weighted by Gasteiger charge is 2.24. The Kier molecular flexibility index (Phi) is 5.09. The lowest BCUT2D eigenvalue weighted by molar-refractivity contribution is 0.542. The van der Waals surface area contributed by atoms with Gasteiger partial charge in [0.25, 0.3) is 0 Å². The first kappa shape index (κ1) is 16.5. The van der Waals surface area contributed by atoms with E-state index in [-0.39, 0.29) is 5.41 Å². The molecule has 0 unspecified atom stereocenters. The smallest absolute Gasteiger partial charge is 0.198 e. The van der Waals surface area contributed by atoms with Crippen molar-refractivity contribution in [2.24, 2.45) is 0 Å². The summed E-state index contributed by atoms with van der Waals surface area (Å²) in [5.74, 6) is 2.05. The zero-order valence-corrected chi connectivity index (χ0v) is 15.8. The van der Waals surface area contributed by atoms with E-state index in [1.165, 1.54) is 0 Å². The molecule has 0 atom stereocenters. The second kappa shape index (κ2) is 6.48. The Morgan fingerprint density at radius 1 is 1.19 bits per heavy atom. The lowest BCUT2D eigenvalue weighted by Gasteiger charge is -2.21. The van der Waals surface area contributed by atoms with Crippen LogP contribution in [0.1, 0.15) is 39.8 Å². The molecule has 6 heteroatoms. The van der Waals surface area contributed by atoms with E-state index in [2.05, 4.69) is 74.8 Å². The summed E-state index contributed by atoms with van der Waals surface area (Å²) in [6.07, 6.45) is 1.03. The van der Waals surface area contributed by atoms with Gasteiger partial charge in [-0.2, -0.15) is 0 Å². The Labute approximate surface area is 142 Å². The molecule has 0 aromatic carbocycles.